The first-order valence-corrected chi connectivity index (χ1v) is 6.56. The van der Waals surface area contributed by atoms with E-state index in [4.69, 9.17) is 0 Å². The summed E-state index contributed by atoms with van der Waals surface area (Å²) in [7, 11) is 0. The van der Waals surface area contributed by atoms with Gasteiger partial charge in [0.2, 0.25) is 0 Å². The van der Waals surface area contributed by atoms with Gasteiger partial charge in [0, 0.05) is 3.57 Å². The average Bonchev–Trinajstić information content (AvgIpc) is 2.41. The lowest BCUT2D eigenvalue weighted by atomic mass is 10.2. The third-order valence-corrected chi connectivity index (χ3v) is 3.49. The first-order chi connectivity index (χ1) is 8.75. The molecule has 3 nitrogen and oxygen atoms in total. The number of halogens is 1. The number of hydrogen-bond donors (Lipinski definition) is 0. The minimum absolute atomic E-state index is 0.0400. The van der Waals surface area contributed by atoms with E-state index in [1.807, 2.05) is 42.5 Å². The molecule has 3 rings (SSSR count). The summed E-state index contributed by atoms with van der Waals surface area (Å²) in [5, 5.41) is 0.638. The second-order valence-electron chi connectivity index (χ2n) is 3.91. The molecule has 18 heavy (non-hydrogen) atoms. The average molecular weight is 348 g/mol. The summed E-state index contributed by atoms with van der Waals surface area (Å²) in [4.78, 5) is 16.6. The van der Waals surface area contributed by atoms with E-state index in [1.165, 1.54) is 0 Å². The van der Waals surface area contributed by atoms with E-state index in [1.54, 1.807) is 17.0 Å². The molecule has 0 aliphatic heterocycles. The molecule has 0 fully saturated rings. The maximum absolute atomic E-state index is 12.3. The largest absolute Gasteiger partial charge is 0.268 e. The first kappa shape index (κ1) is 11.4. The standard InChI is InChI=1S/C14H9IN2O/c15-10-5-7-11(8-6-10)17-9-16-13-4-2-1-3-12(13)14(17)18/h1-9H. The molecule has 0 amide bonds. The number of aromatic nitrogens is 2. The molecule has 3 aromatic rings. The highest BCUT2D eigenvalue weighted by molar-refractivity contribution is 14.1. The molecule has 0 spiro atoms. The predicted octanol–water partition coefficient (Wildman–Crippen LogP) is 2.99. The third kappa shape index (κ3) is 1.92. The highest BCUT2D eigenvalue weighted by atomic mass is 127. The van der Waals surface area contributed by atoms with Gasteiger partial charge < -0.3 is 0 Å². The molecule has 0 N–H and O–H groups in total. The Morgan fingerprint density at radius 2 is 1.72 bits per heavy atom. The van der Waals surface area contributed by atoms with Crippen LogP contribution in [0, 0.1) is 3.57 Å². The van der Waals surface area contributed by atoms with Gasteiger partial charge in [-0.1, -0.05) is 12.1 Å². The lowest BCUT2D eigenvalue weighted by Crippen LogP contribution is -2.18. The number of fused-ring (bicyclic) bond motifs is 1. The van der Waals surface area contributed by atoms with Gasteiger partial charge in [0.15, 0.2) is 0 Å². The topological polar surface area (TPSA) is 34.9 Å². The lowest BCUT2D eigenvalue weighted by molar-refractivity contribution is 0.962. The summed E-state index contributed by atoms with van der Waals surface area (Å²) in [6, 6.07) is 15.1. The fraction of sp³-hybridized carbons (Fsp3) is 0. The van der Waals surface area contributed by atoms with Crippen LogP contribution in [0.2, 0.25) is 0 Å². The summed E-state index contributed by atoms with van der Waals surface area (Å²) < 4.78 is 2.71. The van der Waals surface area contributed by atoms with Crippen LogP contribution in [0.5, 0.6) is 0 Å². The zero-order valence-electron chi connectivity index (χ0n) is 9.38. The Morgan fingerprint density at radius 3 is 2.50 bits per heavy atom. The van der Waals surface area contributed by atoms with Crippen LogP contribution in [0.1, 0.15) is 0 Å². The second kappa shape index (κ2) is 4.53. The molecule has 88 valence electrons. The maximum Gasteiger partial charge on any atom is 0.265 e. The number of hydrogen-bond acceptors (Lipinski definition) is 2. The van der Waals surface area contributed by atoms with Crippen LogP contribution in [-0.4, -0.2) is 9.55 Å². The zero-order valence-corrected chi connectivity index (χ0v) is 11.5. The van der Waals surface area contributed by atoms with Gasteiger partial charge in [0.1, 0.15) is 6.33 Å². The highest BCUT2D eigenvalue weighted by Crippen LogP contribution is 2.11. The van der Waals surface area contributed by atoms with Gasteiger partial charge in [-0.3, -0.25) is 9.36 Å². The molecule has 2 aromatic carbocycles. The van der Waals surface area contributed by atoms with E-state index in [-0.39, 0.29) is 5.56 Å². The van der Waals surface area contributed by atoms with Gasteiger partial charge in [-0.05, 0) is 59.0 Å². The van der Waals surface area contributed by atoms with Crippen molar-refractivity contribution >= 4 is 33.5 Å². The first-order valence-electron chi connectivity index (χ1n) is 5.48. The highest BCUT2D eigenvalue weighted by Gasteiger charge is 2.04. The van der Waals surface area contributed by atoms with Crippen molar-refractivity contribution in [1.29, 1.82) is 0 Å². The molecule has 1 heterocycles. The quantitative estimate of drug-likeness (QED) is 0.634. The molecule has 0 radical (unpaired) electrons. The van der Waals surface area contributed by atoms with Gasteiger partial charge in [-0.25, -0.2) is 4.98 Å². The van der Waals surface area contributed by atoms with E-state index in [0.717, 1.165) is 14.8 Å². The Hall–Kier alpha value is -1.69. The van der Waals surface area contributed by atoms with E-state index in [9.17, 15) is 4.79 Å². The zero-order chi connectivity index (χ0) is 12.5. The summed E-state index contributed by atoms with van der Waals surface area (Å²) in [6.45, 7) is 0. The van der Waals surface area contributed by atoms with Crippen molar-refractivity contribution in [3.63, 3.8) is 0 Å². The van der Waals surface area contributed by atoms with Gasteiger partial charge in [0.05, 0.1) is 16.6 Å². The molecular formula is C14H9IN2O. The fourth-order valence-electron chi connectivity index (χ4n) is 1.85. The Balaban J connectivity index is 2.27. The van der Waals surface area contributed by atoms with E-state index in [0.29, 0.717) is 5.39 Å². The fourth-order valence-corrected chi connectivity index (χ4v) is 2.21. The summed E-state index contributed by atoms with van der Waals surface area (Å²) in [5.74, 6) is 0. The molecule has 4 heteroatoms. The SMILES string of the molecule is O=c1c2ccccc2ncn1-c1ccc(I)cc1. The number of para-hydroxylation sites is 1. The molecule has 0 unspecified atom stereocenters. The summed E-state index contributed by atoms with van der Waals surface area (Å²) >= 11 is 2.24. The Kier molecular flexibility index (Phi) is 2.87. The van der Waals surface area contributed by atoms with Crippen LogP contribution in [0.4, 0.5) is 0 Å². The predicted molar refractivity (Wildman–Crippen MR) is 80.1 cm³/mol. The molecule has 1 aromatic heterocycles. The maximum atomic E-state index is 12.3. The van der Waals surface area contributed by atoms with Crippen molar-refractivity contribution in [3.8, 4) is 5.69 Å². The van der Waals surface area contributed by atoms with Gasteiger partial charge in [0.25, 0.3) is 5.56 Å². The molecule has 0 atom stereocenters. The Bertz CT molecular complexity index is 763. The number of nitrogens with zero attached hydrogens (tertiary/aromatic N) is 2. The Labute approximate surface area is 117 Å². The third-order valence-electron chi connectivity index (χ3n) is 2.77. The van der Waals surface area contributed by atoms with Crippen LogP contribution < -0.4 is 5.56 Å². The molecule has 0 saturated heterocycles. The van der Waals surface area contributed by atoms with Crippen LogP contribution in [0.3, 0.4) is 0 Å². The van der Waals surface area contributed by atoms with E-state index < -0.39 is 0 Å². The smallest absolute Gasteiger partial charge is 0.265 e. The normalized spacial score (nSPS) is 10.7. The van der Waals surface area contributed by atoms with Crippen molar-refractivity contribution in [2.24, 2.45) is 0 Å². The Morgan fingerprint density at radius 1 is 1.00 bits per heavy atom. The number of rotatable bonds is 1. The van der Waals surface area contributed by atoms with Crippen molar-refractivity contribution in [2.45, 2.75) is 0 Å². The van der Waals surface area contributed by atoms with Crippen molar-refractivity contribution in [3.05, 3.63) is 68.8 Å². The number of benzene rings is 2. The van der Waals surface area contributed by atoms with Crippen molar-refractivity contribution in [1.82, 2.24) is 9.55 Å². The van der Waals surface area contributed by atoms with Gasteiger partial charge >= 0.3 is 0 Å². The van der Waals surface area contributed by atoms with E-state index >= 15 is 0 Å². The van der Waals surface area contributed by atoms with Crippen molar-refractivity contribution < 1.29 is 0 Å². The van der Waals surface area contributed by atoms with Crippen LogP contribution in [0.25, 0.3) is 16.6 Å². The summed E-state index contributed by atoms with van der Waals surface area (Å²) in [5.41, 5.74) is 1.52. The minimum atomic E-state index is -0.0400. The molecular weight excluding hydrogens is 339 g/mol. The second-order valence-corrected chi connectivity index (χ2v) is 5.16. The molecule has 0 aliphatic carbocycles. The summed E-state index contributed by atoms with van der Waals surface area (Å²) in [6.07, 6.45) is 1.58. The molecule has 0 saturated carbocycles. The molecule has 0 bridgehead atoms. The van der Waals surface area contributed by atoms with Crippen LogP contribution in [0.15, 0.2) is 59.7 Å². The van der Waals surface area contributed by atoms with Crippen LogP contribution >= 0.6 is 22.6 Å². The molecule has 0 aliphatic rings. The minimum Gasteiger partial charge on any atom is -0.268 e. The van der Waals surface area contributed by atoms with Gasteiger partial charge in [-0.15, -0.1) is 0 Å². The van der Waals surface area contributed by atoms with Crippen molar-refractivity contribution in [2.75, 3.05) is 0 Å². The van der Waals surface area contributed by atoms with Crippen LogP contribution in [-0.2, 0) is 0 Å². The lowest BCUT2D eigenvalue weighted by Gasteiger charge is -2.06. The van der Waals surface area contributed by atoms with E-state index in [2.05, 4.69) is 27.6 Å². The monoisotopic (exact) mass is 348 g/mol. The van der Waals surface area contributed by atoms with Gasteiger partial charge in [-0.2, -0.15) is 0 Å².